The fraction of sp³-hybridized carbons (Fsp3) is 0. The molecule has 0 amide bonds. The highest BCUT2D eigenvalue weighted by Crippen LogP contribution is 2.48. The van der Waals surface area contributed by atoms with E-state index in [4.69, 9.17) is 0 Å². The summed E-state index contributed by atoms with van der Waals surface area (Å²) in [5.41, 5.74) is 10.2. The zero-order valence-electron chi connectivity index (χ0n) is 22.8. The zero-order chi connectivity index (χ0) is 27.8. The van der Waals surface area contributed by atoms with Crippen molar-refractivity contribution in [2.45, 2.75) is 0 Å². The molecule has 0 radical (unpaired) electrons. The molecule has 7 aromatic rings. The average molecular weight is 536 g/mol. The molecule has 0 aromatic heterocycles. The van der Waals surface area contributed by atoms with Crippen molar-refractivity contribution in [3.8, 4) is 5.75 Å². The van der Waals surface area contributed by atoms with Crippen LogP contribution in [-0.4, -0.2) is 11.8 Å². The van der Waals surface area contributed by atoms with Gasteiger partial charge in [-0.05, 0) is 51.4 Å². The molecule has 42 heavy (non-hydrogen) atoms. The third-order valence-electron chi connectivity index (χ3n) is 8.85. The normalized spacial score (nSPS) is 13.2. The van der Waals surface area contributed by atoms with Gasteiger partial charge < -0.3 is 14.9 Å². The molecule has 3 nitrogen and oxygen atoms in total. The number of anilines is 6. The zero-order valence-corrected chi connectivity index (χ0v) is 22.8. The SMILES string of the molecule is Oc1cc2c3c(c1)N(c1ccccc1)c1c(ccc4ccccc14)B3c1ccc3ccccc3c1N2c1ccccc1. The summed E-state index contributed by atoms with van der Waals surface area (Å²) in [6.07, 6.45) is 0. The molecule has 2 heterocycles. The molecular weight excluding hydrogens is 511 g/mol. The first-order valence-corrected chi connectivity index (χ1v) is 14.4. The van der Waals surface area contributed by atoms with E-state index in [1.165, 1.54) is 49.3 Å². The van der Waals surface area contributed by atoms with Crippen LogP contribution in [0.3, 0.4) is 0 Å². The Balaban J connectivity index is 1.47. The smallest absolute Gasteiger partial charge is 0.252 e. The lowest BCUT2D eigenvalue weighted by Gasteiger charge is -2.44. The van der Waals surface area contributed by atoms with Crippen LogP contribution in [-0.2, 0) is 0 Å². The van der Waals surface area contributed by atoms with Crippen LogP contribution in [0.4, 0.5) is 34.1 Å². The second-order valence-corrected chi connectivity index (χ2v) is 11.1. The molecule has 2 aliphatic rings. The first-order chi connectivity index (χ1) is 20.8. The van der Waals surface area contributed by atoms with Gasteiger partial charge in [0.15, 0.2) is 0 Å². The standard InChI is InChI=1S/C38H25BN2O/c42-29-23-34-36-35(24-29)41(28-15-5-2-6-16-28)38-31-18-10-8-12-26(31)20-22-33(38)39(36)32-21-19-25-11-7-9-17-30(25)37(32)40(34)27-13-3-1-4-14-27/h1-24,42H. The Morgan fingerprint density at radius 1 is 0.452 bits per heavy atom. The first-order valence-electron chi connectivity index (χ1n) is 14.4. The van der Waals surface area contributed by atoms with Gasteiger partial charge in [-0.15, -0.1) is 0 Å². The van der Waals surface area contributed by atoms with Crippen molar-refractivity contribution in [2.75, 3.05) is 9.80 Å². The molecule has 0 spiro atoms. The van der Waals surface area contributed by atoms with E-state index in [0.717, 1.165) is 22.7 Å². The molecule has 2 aliphatic heterocycles. The van der Waals surface area contributed by atoms with Crippen LogP contribution < -0.4 is 26.2 Å². The van der Waals surface area contributed by atoms with Crippen LogP contribution >= 0.6 is 0 Å². The molecule has 1 N–H and O–H groups in total. The van der Waals surface area contributed by atoms with E-state index in [1.807, 2.05) is 12.1 Å². The second kappa shape index (κ2) is 8.76. The molecule has 0 atom stereocenters. The maximum absolute atomic E-state index is 11.4. The molecule has 0 saturated heterocycles. The molecule has 7 aromatic carbocycles. The Hall–Kier alpha value is -5.48. The quantitative estimate of drug-likeness (QED) is 0.229. The van der Waals surface area contributed by atoms with Crippen molar-refractivity contribution in [3.05, 3.63) is 146 Å². The summed E-state index contributed by atoms with van der Waals surface area (Å²) in [6, 6.07) is 51.3. The number of aromatic hydroxyl groups is 1. The van der Waals surface area contributed by atoms with Gasteiger partial charge in [0.05, 0.1) is 0 Å². The molecular formula is C38H25BN2O. The fourth-order valence-electron chi connectivity index (χ4n) is 7.19. The average Bonchev–Trinajstić information content (AvgIpc) is 3.05. The topological polar surface area (TPSA) is 26.7 Å². The van der Waals surface area contributed by atoms with Gasteiger partial charge >= 0.3 is 0 Å². The number of rotatable bonds is 2. The predicted molar refractivity (Wildman–Crippen MR) is 177 cm³/mol. The Kier molecular flexibility index (Phi) is 4.85. The number of fused-ring (bicyclic) bond motifs is 8. The highest BCUT2D eigenvalue weighted by molar-refractivity contribution is 7.00. The van der Waals surface area contributed by atoms with E-state index >= 15 is 0 Å². The maximum atomic E-state index is 11.4. The molecule has 0 fully saturated rings. The Bertz CT molecular complexity index is 2030. The number of para-hydroxylation sites is 2. The van der Waals surface area contributed by atoms with E-state index in [0.29, 0.717) is 0 Å². The van der Waals surface area contributed by atoms with Crippen molar-refractivity contribution in [2.24, 2.45) is 0 Å². The molecule has 0 bridgehead atoms. The van der Waals surface area contributed by atoms with Gasteiger partial charge in [-0.1, -0.05) is 109 Å². The van der Waals surface area contributed by atoms with Crippen molar-refractivity contribution in [1.29, 1.82) is 0 Å². The molecule has 4 heteroatoms. The summed E-state index contributed by atoms with van der Waals surface area (Å²) < 4.78 is 0. The van der Waals surface area contributed by atoms with E-state index in [1.54, 1.807) is 0 Å². The lowest BCUT2D eigenvalue weighted by atomic mass is 9.33. The highest BCUT2D eigenvalue weighted by Gasteiger charge is 2.44. The molecule has 9 rings (SSSR count). The van der Waals surface area contributed by atoms with Gasteiger partial charge in [-0.2, -0.15) is 0 Å². The molecule has 196 valence electrons. The molecule has 0 saturated carbocycles. The van der Waals surface area contributed by atoms with Crippen molar-refractivity contribution < 1.29 is 5.11 Å². The van der Waals surface area contributed by atoms with Crippen molar-refractivity contribution in [3.63, 3.8) is 0 Å². The number of phenols is 1. The number of nitrogens with zero attached hydrogens (tertiary/aromatic N) is 2. The third kappa shape index (κ3) is 3.18. The van der Waals surface area contributed by atoms with Crippen LogP contribution in [0.15, 0.2) is 146 Å². The first kappa shape index (κ1) is 23.3. The van der Waals surface area contributed by atoms with Crippen LogP contribution in [0.25, 0.3) is 21.5 Å². The van der Waals surface area contributed by atoms with Gasteiger partial charge in [0.25, 0.3) is 6.71 Å². The maximum Gasteiger partial charge on any atom is 0.252 e. The van der Waals surface area contributed by atoms with Gasteiger partial charge in [0.2, 0.25) is 0 Å². The number of phenolic OH excluding ortho intramolecular Hbond substituents is 1. The summed E-state index contributed by atoms with van der Waals surface area (Å²) in [7, 11) is 0. The predicted octanol–water partition coefficient (Wildman–Crippen LogP) is 7.78. The van der Waals surface area contributed by atoms with Gasteiger partial charge in [-0.3, -0.25) is 0 Å². The summed E-state index contributed by atoms with van der Waals surface area (Å²) in [4.78, 5) is 4.70. The van der Waals surface area contributed by atoms with E-state index in [-0.39, 0.29) is 12.5 Å². The molecule has 0 aliphatic carbocycles. The minimum Gasteiger partial charge on any atom is -0.508 e. The number of hydrogen-bond donors (Lipinski definition) is 1. The second-order valence-electron chi connectivity index (χ2n) is 11.1. The van der Waals surface area contributed by atoms with Crippen LogP contribution in [0.5, 0.6) is 5.75 Å². The summed E-state index contributed by atoms with van der Waals surface area (Å²) in [6.45, 7) is -0.00487. The Morgan fingerprint density at radius 3 is 1.36 bits per heavy atom. The fourth-order valence-corrected chi connectivity index (χ4v) is 7.19. The van der Waals surface area contributed by atoms with E-state index < -0.39 is 0 Å². The number of benzene rings is 7. The third-order valence-corrected chi connectivity index (χ3v) is 8.85. The summed E-state index contributed by atoms with van der Waals surface area (Å²) in [5, 5.41) is 16.2. The van der Waals surface area contributed by atoms with Gasteiger partial charge in [0, 0.05) is 57.0 Å². The Morgan fingerprint density at radius 2 is 0.881 bits per heavy atom. The highest BCUT2D eigenvalue weighted by atomic mass is 16.3. The van der Waals surface area contributed by atoms with Crippen LogP contribution in [0, 0.1) is 0 Å². The largest absolute Gasteiger partial charge is 0.508 e. The molecule has 0 unspecified atom stereocenters. The monoisotopic (exact) mass is 536 g/mol. The van der Waals surface area contributed by atoms with Gasteiger partial charge in [-0.25, -0.2) is 0 Å². The van der Waals surface area contributed by atoms with E-state index in [9.17, 15) is 5.11 Å². The Labute approximate surface area is 244 Å². The van der Waals surface area contributed by atoms with Crippen LogP contribution in [0.1, 0.15) is 0 Å². The number of hydrogen-bond acceptors (Lipinski definition) is 3. The van der Waals surface area contributed by atoms with Crippen molar-refractivity contribution in [1.82, 2.24) is 0 Å². The van der Waals surface area contributed by atoms with Crippen molar-refractivity contribution >= 4 is 78.8 Å². The summed E-state index contributed by atoms with van der Waals surface area (Å²) >= 11 is 0. The lowest BCUT2D eigenvalue weighted by Crippen LogP contribution is -2.61. The summed E-state index contributed by atoms with van der Waals surface area (Å²) in [5.74, 6) is 0.247. The van der Waals surface area contributed by atoms with Crippen LogP contribution in [0.2, 0.25) is 0 Å². The lowest BCUT2D eigenvalue weighted by molar-refractivity contribution is 0.476. The van der Waals surface area contributed by atoms with E-state index in [2.05, 4.69) is 143 Å². The minimum atomic E-state index is -0.00487. The van der Waals surface area contributed by atoms with Gasteiger partial charge in [0.1, 0.15) is 5.75 Å². The minimum absolute atomic E-state index is 0.00487.